The topological polar surface area (TPSA) is 75.4 Å². The molecule has 15 heavy (non-hydrogen) atoms. The maximum absolute atomic E-state index is 11.6. The van der Waals surface area contributed by atoms with Gasteiger partial charge < -0.3 is 16.2 Å². The van der Waals surface area contributed by atoms with Gasteiger partial charge in [-0.25, -0.2) is 0 Å². The van der Waals surface area contributed by atoms with Crippen molar-refractivity contribution in [1.82, 2.24) is 5.32 Å². The molecule has 3 unspecified atom stereocenters. The number of hydrogen-bond acceptors (Lipinski definition) is 3. The largest absolute Gasteiger partial charge is 0.396 e. The van der Waals surface area contributed by atoms with E-state index >= 15 is 0 Å². The fraction of sp³-hybridized carbons (Fsp3) is 0.909. The second kappa shape index (κ2) is 6.08. The van der Waals surface area contributed by atoms with E-state index in [0.717, 1.165) is 32.1 Å². The number of aliphatic hydroxyl groups excluding tert-OH is 1. The fourth-order valence-corrected chi connectivity index (χ4v) is 2.18. The van der Waals surface area contributed by atoms with E-state index in [-0.39, 0.29) is 24.5 Å². The molecular weight excluding hydrogens is 192 g/mol. The highest BCUT2D eigenvalue weighted by molar-refractivity contribution is 5.81. The minimum Gasteiger partial charge on any atom is -0.396 e. The lowest BCUT2D eigenvalue weighted by Crippen LogP contribution is -2.47. The monoisotopic (exact) mass is 214 g/mol. The molecule has 0 radical (unpaired) electrons. The van der Waals surface area contributed by atoms with E-state index in [0.29, 0.717) is 0 Å². The number of nitrogens with two attached hydrogens (primary N) is 1. The second-order valence-corrected chi connectivity index (χ2v) is 4.38. The molecule has 0 aliphatic heterocycles. The molecule has 0 aromatic heterocycles. The molecule has 4 heteroatoms. The van der Waals surface area contributed by atoms with Crippen LogP contribution in [0.5, 0.6) is 0 Å². The highest BCUT2D eigenvalue weighted by Crippen LogP contribution is 2.25. The van der Waals surface area contributed by atoms with Crippen molar-refractivity contribution in [2.75, 3.05) is 6.61 Å². The van der Waals surface area contributed by atoms with Gasteiger partial charge in [0.05, 0.1) is 6.04 Å². The van der Waals surface area contributed by atoms with E-state index in [1.807, 2.05) is 6.92 Å². The maximum Gasteiger partial charge on any atom is 0.237 e. The summed E-state index contributed by atoms with van der Waals surface area (Å²) in [6.07, 6.45) is 4.70. The lowest BCUT2D eigenvalue weighted by molar-refractivity contribution is -0.123. The summed E-state index contributed by atoms with van der Waals surface area (Å²) in [6.45, 7) is 2.17. The van der Waals surface area contributed by atoms with Crippen LogP contribution in [0.4, 0.5) is 0 Å². The molecular formula is C11H22N2O2. The third kappa shape index (κ3) is 3.47. The fourth-order valence-electron chi connectivity index (χ4n) is 2.18. The molecule has 1 rings (SSSR count). The number of aliphatic hydroxyl groups is 1. The molecule has 1 aliphatic rings. The highest BCUT2D eigenvalue weighted by atomic mass is 16.3. The molecule has 4 N–H and O–H groups in total. The van der Waals surface area contributed by atoms with Gasteiger partial charge in [-0.2, -0.15) is 0 Å². The SMILES string of the molecule is CCCC(N)C(=O)NC1CCCC1CO. The Labute approximate surface area is 91.2 Å². The van der Waals surface area contributed by atoms with Crippen molar-refractivity contribution in [2.24, 2.45) is 11.7 Å². The Morgan fingerprint density at radius 2 is 2.33 bits per heavy atom. The van der Waals surface area contributed by atoms with Crippen LogP contribution in [0.2, 0.25) is 0 Å². The lowest BCUT2D eigenvalue weighted by Gasteiger charge is -2.21. The van der Waals surface area contributed by atoms with E-state index in [1.165, 1.54) is 0 Å². The van der Waals surface area contributed by atoms with E-state index in [2.05, 4.69) is 5.32 Å². The first kappa shape index (κ1) is 12.5. The van der Waals surface area contributed by atoms with E-state index in [1.54, 1.807) is 0 Å². The van der Waals surface area contributed by atoms with Gasteiger partial charge in [-0.3, -0.25) is 4.79 Å². The van der Waals surface area contributed by atoms with Gasteiger partial charge in [-0.1, -0.05) is 19.8 Å². The summed E-state index contributed by atoms with van der Waals surface area (Å²) in [5.41, 5.74) is 5.72. The molecule has 4 nitrogen and oxygen atoms in total. The summed E-state index contributed by atoms with van der Waals surface area (Å²) >= 11 is 0. The van der Waals surface area contributed by atoms with Crippen molar-refractivity contribution < 1.29 is 9.90 Å². The van der Waals surface area contributed by atoms with Crippen LogP contribution in [0.15, 0.2) is 0 Å². The first-order valence-corrected chi connectivity index (χ1v) is 5.85. The number of rotatable bonds is 5. The van der Waals surface area contributed by atoms with Gasteiger partial charge in [-0.05, 0) is 19.3 Å². The first-order valence-electron chi connectivity index (χ1n) is 5.85. The number of nitrogens with one attached hydrogen (secondary N) is 1. The van der Waals surface area contributed by atoms with E-state index in [4.69, 9.17) is 10.8 Å². The van der Waals surface area contributed by atoms with Crippen LogP contribution in [-0.2, 0) is 4.79 Å². The predicted octanol–water partition coefficient (Wildman–Crippen LogP) is 0.391. The first-order chi connectivity index (χ1) is 7.19. The van der Waals surface area contributed by atoms with Gasteiger partial charge in [0.1, 0.15) is 0 Å². The molecule has 1 saturated carbocycles. The molecule has 0 aromatic carbocycles. The maximum atomic E-state index is 11.6. The predicted molar refractivity (Wildman–Crippen MR) is 59.2 cm³/mol. The minimum atomic E-state index is -0.394. The summed E-state index contributed by atoms with van der Waals surface area (Å²) in [5.74, 6) is 0.157. The summed E-state index contributed by atoms with van der Waals surface area (Å²) in [7, 11) is 0. The van der Waals surface area contributed by atoms with Crippen molar-refractivity contribution >= 4 is 5.91 Å². The summed E-state index contributed by atoms with van der Waals surface area (Å²) in [5, 5.41) is 12.0. The standard InChI is InChI=1S/C11H22N2O2/c1-2-4-9(12)11(15)13-10-6-3-5-8(10)7-14/h8-10,14H,2-7,12H2,1H3,(H,13,15). The highest BCUT2D eigenvalue weighted by Gasteiger charge is 2.28. The summed E-state index contributed by atoms with van der Waals surface area (Å²) in [4.78, 5) is 11.6. The van der Waals surface area contributed by atoms with Crippen molar-refractivity contribution in [3.05, 3.63) is 0 Å². The molecule has 0 heterocycles. The third-order valence-electron chi connectivity index (χ3n) is 3.16. The zero-order chi connectivity index (χ0) is 11.3. The van der Waals surface area contributed by atoms with Crippen LogP contribution in [0, 0.1) is 5.92 Å². The van der Waals surface area contributed by atoms with Gasteiger partial charge in [0.2, 0.25) is 5.91 Å². The van der Waals surface area contributed by atoms with Crippen LogP contribution >= 0.6 is 0 Å². The number of amides is 1. The molecule has 1 amide bonds. The number of hydrogen-bond donors (Lipinski definition) is 3. The third-order valence-corrected chi connectivity index (χ3v) is 3.16. The molecule has 3 atom stereocenters. The molecule has 88 valence electrons. The normalized spacial score (nSPS) is 27.7. The molecule has 0 bridgehead atoms. The quantitative estimate of drug-likeness (QED) is 0.619. The Hall–Kier alpha value is -0.610. The van der Waals surface area contributed by atoms with E-state index < -0.39 is 6.04 Å². The Bertz CT molecular complexity index is 209. The summed E-state index contributed by atoms with van der Waals surface area (Å²) in [6, 6.07) is -0.264. The zero-order valence-electron chi connectivity index (χ0n) is 9.41. The molecule has 1 fully saturated rings. The van der Waals surface area contributed by atoms with Gasteiger partial charge in [0, 0.05) is 18.6 Å². The van der Waals surface area contributed by atoms with Crippen molar-refractivity contribution in [1.29, 1.82) is 0 Å². The van der Waals surface area contributed by atoms with Crippen LogP contribution in [0.25, 0.3) is 0 Å². The molecule has 0 spiro atoms. The van der Waals surface area contributed by atoms with Crippen LogP contribution < -0.4 is 11.1 Å². The van der Waals surface area contributed by atoms with Crippen LogP contribution in [0.3, 0.4) is 0 Å². The molecule has 0 saturated heterocycles. The van der Waals surface area contributed by atoms with Gasteiger partial charge in [0.15, 0.2) is 0 Å². The lowest BCUT2D eigenvalue weighted by atomic mass is 10.0. The Balaban J connectivity index is 2.36. The van der Waals surface area contributed by atoms with Gasteiger partial charge in [0.25, 0.3) is 0 Å². The van der Waals surface area contributed by atoms with Gasteiger partial charge in [-0.15, -0.1) is 0 Å². The average molecular weight is 214 g/mol. The Morgan fingerprint density at radius 1 is 1.60 bits per heavy atom. The van der Waals surface area contributed by atoms with Crippen molar-refractivity contribution in [2.45, 2.75) is 51.1 Å². The average Bonchev–Trinajstić information content (AvgIpc) is 2.65. The van der Waals surface area contributed by atoms with Crippen molar-refractivity contribution in [3.63, 3.8) is 0 Å². The Kier molecular flexibility index (Phi) is 5.05. The van der Waals surface area contributed by atoms with E-state index in [9.17, 15) is 4.79 Å². The van der Waals surface area contributed by atoms with Gasteiger partial charge >= 0.3 is 0 Å². The summed E-state index contributed by atoms with van der Waals surface area (Å²) < 4.78 is 0. The molecule has 0 aromatic rings. The second-order valence-electron chi connectivity index (χ2n) is 4.38. The van der Waals surface area contributed by atoms with Crippen molar-refractivity contribution in [3.8, 4) is 0 Å². The van der Waals surface area contributed by atoms with Crippen LogP contribution in [-0.4, -0.2) is 29.7 Å². The minimum absolute atomic E-state index is 0.0674. The van der Waals surface area contributed by atoms with Crippen LogP contribution in [0.1, 0.15) is 39.0 Å². The number of carbonyl (C=O) groups excluding carboxylic acids is 1. The number of carbonyl (C=O) groups is 1. The smallest absolute Gasteiger partial charge is 0.237 e. The Morgan fingerprint density at radius 3 is 2.93 bits per heavy atom. The zero-order valence-corrected chi connectivity index (χ0v) is 9.41. The molecule has 1 aliphatic carbocycles.